The van der Waals surface area contributed by atoms with Crippen LogP contribution in [0.2, 0.25) is 0 Å². The van der Waals surface area contributed by atoms with Crippen molar-refractivity contribution >= 4 is 0 Å². The Morgan fingerprint density at radius 2 is 1.50 bits per heavy atom. The summed E-state index contributed by atoms with van der Waals surface area (Å²) >= 11 is 0. The molecule has 1 atom stereocenters. The highest BCUT2D eigenvalue weighted by atomic mass is 16.3. The summed E-state index contributed by atoms with van der Waals surface area (Å²) in [6, 6.07) is 0. The quantitative estimate of drug-likeness (QED) is 0.356. The van der Waals surface area contributed by atoms with Gasteiger partial charge in [0.15, 0.2) is 0 Å². The lowest BCUT2D eigenvalue weighted by atomic mass is 10.1. The van der Waals surface area contributed by atoms with Crippen LogP contribution in [0.1, 0.15) is 64.7 Å². The Labute approximate surface area is 101 Å². The van der Waals surface area contributed by atoms with Gasteiger partial charge in [-0.3, -0.25) is 0 Å². The average molecular weight is 230 g/mol. The molecule has 0 saturated heterocycles. The van der Waals surface area contributed by atoms with E-state index in [0.29, 0.717) is 6.42 Å². The van der Waals surface area contributed by atoms with Crippen molar-refractivity contribution in [2.45, 2.75) is 70.9 Å². The average Bonchev–Trinajstić information content (AvgIpc) is 2.25. The maximum atomic E-state index is 8.83. The van der Waals surface area contributed by atoms with Crippen LogP contribution >= 0.6 is 0 Å². The van der Waals surface area contributed by atoms with Gasteiger partial charge >= 0.3 is 0 Å². The molecule has 98 valence electrons. The summed E-state index contributed by atoms with van der Waals surface area (Å²) in [7, 11) is 0. The molecule has 0 aliphatic heterocycles. The van der Waals surface area contributed by atoms with E-state index in [-0.39, 0.29) is 0 Å². The molecule has 1 unspecified atom stereocenters. The van der Waals surface area contributed by atoms with E-state index in [1.807, 2.05) is 0 Å². The highest BCUT2D eigenvalue weighted by Gasteiger charge is 1.94. The van der Waals surface area contributed by atoms with Crippen LogP contribution in [0.15, 0.2) is 0 Å². The smallest absolute Gasteiger partial charge is 0.103 e. The summed E-state index contributed by atoms with van der Waals surface area (Å²) in [6.45, 7) is 4.14. The van der Waals surface area contributed by atoms with Crippen LogP contribution in [0.5, 0.6) is 0 Å². The van der Waals surface area contributed by atoms with Crippen molar-refractivity contribution in [1.29, 1.82) is 0 Å². The van der Waals surface area contributed by atoms with Crippen LogP contribution in [0, 0.1) is 0 Å². The lowest BCUT2D eigenvalue weighted by Gasteiger charge is -2.06. The molecule has 0 aromatic rings. The third-order valence-electron chi connectivity index (χ3n) is 2.82. The molecule has 16 heavy (non-hydrogen) atoms. The maximum Gasteiger partial charge on any atom is 0.103 e. The summed E-state index contributed by atoms with van der Waals surface area (Å²) in [5, 5.41) is 12.1. The molecule has 3 nitrogen and oxygen atoms in total. The first-order valence-electron chi connectivity index (χ1n) is 6.91. The van der Waals surface area contributed by atoms with E-state index in [1.165, 1.54) is 51.4 Å². The number of nitrogens with one attached hydrogen (secondary N) is 1. The van der Waals surface area contributed by atoms with Gasteiger partial charge in [0, 0.05) is 0 Å². The van der Waals surface area contributed by atoms with Crippen molar-refractivity contribution in [3.63, 3.8) is 0 Å². The fourth-order valence-electron chi connectivity index (χ4n) is 1.76. The number of hydrogen-bond donors (Lipinski definition) is 3. The largest absolute Gasteiger partial charge is 0.379 e. The zero-order chi connectivity index (χ0) is 12.1. The molecule has 0 amide bonds. The van der Waals surface area contributed by atoms with Crippen LogP contribution in [-0.2, 0) is 0 Å². The lowest BCUT2D eigenvalue weighted by Crippen LogP contribution is -2.26. The van der Waals surface area contributed by atoms with Crippen LogP contribution < -0.4 is 11.1 Å². The summed E-state index contributed by atoms with van der Waals surface area (Å²) in [6.07, 6.45) is 10.8. The van der Waals surface area contributed by atoms with Crippen LogP contribution in [0.25, 0.3) is 0 Å². The molecule has 0 bridgehead atoms. The first-order valence-corrected chi connectivity index (χ1v) is 6.91. The van der Waals surface area contributed by atoms with Gasteiger partial charge in [0.25, 0.3) is 0 Å². The number of unbranched alkanes of at least 4 members (excludes halogenated alkanes) is 7. The molecular weight excluding hydrogens is 200 g/mol. The molecule has 3 heteroatoms. The fourth-order valence-corrected chi connectivity index (χ4v) is 1.76. The second-order valence-corrected chi connectivity index (χ2v) is 4.58. The molecule has 0 aromatic heterocycles. The van der Waals surface area contributed by atoms with Gasteiger partial charge in [-0.25, -0.2) is 0 Å². The second-order valence-electron chi connectivity index (χ2n) is 4.58. The number of nitrogens with two attached hydrogens (primary N) is 1. The standard InChI is InChI=1S/C13H30N2O/c1-2-3-4-5-6-7-8-9-11-15-12-10-13(14)16/h13,15-16H,2-12,14H2,1H3. The van der Waals surface area contributed by atoms with Gasteiger partial charge in [-0.2, -0.15) is 0 Å². The van der Waals surface area contributed by atoms with E-state index < -0.39 is 6.23 Å². The molecule has 4 N–H and O–H groups in total. The van der Waals surface area contributed by atoms with Gasteiger partial charge in [0.05, 0.1) is 0 Å². The second kappa shape index (κ2) is 12.9. The predicted octanol–water partition coefficient (Wildman–Crippen LogP) is 2.38. The summed E-state index contributed by atoms with van der Waals surface area (Å²) in [5.41, 5.74) is 5.23. The minimum Gasteiger partial charge on any atom is -0.379 e. The van der Waals surface area contributed by atoms with Crippen molar-refractivity contribution < 1.29 is 5.11 Å². The van der Waals surface area contributed by atoms with Crippen molar-refractivity contribution in [2.24, 2.45) is 5.73 Å². The molecule has 0 saturated carbocycles. The van der Waals surface area contributed by atoms with E-state index >= 15 is 0 Å². The Kier molecular flexibility index (Phi) is 12.9. The van der Waals surface area contributed by atoms with Gasteiger partial charge in [0.2, 0.25) is 0 Å². The minimum absolute atomic E-state index is 0.650. The summed E-state index contributed by atoms with van der Waals surface area (Å²) < 4.78 is 0. The van der Waals surface area contributed by atoms with E-state index in [4.69, 9.17) is 10.8 Å². The molecule has 0 fully saturated rings. The van der Waals surface area contributed by atoms with Crippen molar-refractivity contribution in [3.8, 4) is 0 Å². The Hall–Kier alpha value is -0.120. The molecule has 0 aliphatic carbocycles. The highest BCUT2D eigenvalue weighted by Crippen LogP contribution is 2.07. The highest BCUT2D eigenvalue weighted by molar-refractivity contribution is 4.52. The van der Waals surface area contributed by atoms with E-state index in [2.05, 4.69) is 12.2 Å². The molecule has 0 rings (SSSR count). The van der Waals surface area contributed by atoms with Gasteiger partial charge in [-0.15, -0.1) is 0 Å². The van der Waals surface area contributed by atoms with Gasteiger partial charge in [0.1, 0.15) is 6.23 Å². The Balaban J connectivity index is 2.88. The van der Waals surface area contributed by atoms with Crippen molar-refractivity contribution in [2.75, 3.05) is 13.1 Å². The first kappa shape index (κ1) is 15.9. The van der Waals surface area contributed by atoms with Gasteiger partial charge in [-0.1, -0.05) is 51.9 Å². The molecule has 0 radical (unpaired) electrons. The Bertz CT molecular complexity index is 129. The minimum atomic E-state index is -0.661. The number of rotatable bonds is 12. The van der Waals surface area contributed by atoms with Crippen LogP contribution in [0.3, 0.4) is 0 Å². The third kappa shape index (κ3) is 13.9. The van der Waals surface area contributed by atoms with E-state index in [1.54, 1.807) is 0 Å². The number of aliphatic hydroxyl groups is 1. The zero-order valence-electron chi connectivity index (χ0n) is 10.9. The molecular formula is C13H30N2O. The monoisotopic (exact) mass is 230 g/mol. The predicted molar refractivity (Wildman–Crippen MR) is 70.3 cm³/mol. The summed E-state index contributed by atoms with van der Waals surface area (Å²) in [4.78, 5) is 0. The number of hydrogen-bond acceptors (Lipinski definition) is 3. The molecule has 0 aromatic carbocycles. The van der Waals surface area contributed by atoms with Gasteiger partial charge < -0.3 is 16.2 Å². The third-order valence-corrected chi connectivity index (χ3v) is 2.82. The van der Waals surface area contributed by atoms with Crippen LogP contribution in [-0.4, -0.2) is 24.4 Å². The Morgan fingerprint density at radius 3 is 2.06 bits per heavy atom. The maximum absolute atomic E-state index is 8.83. The Morgan fingerprint density at radius 1 is 0.938 bits per heavy atom. The number of aliphatic hydroxyl groups excluding tert-OH is 1. The summed E-state index contributed by atoms with van der Waals surface area (Å²) in [5.74, 6) is 0. The van der Waals surface area contributed by atoms with Crippen molar-refractivity contribution in [1.82, 2.24) is 5.32 Å². The topological polar surface area (TPSA) is 58.3 Å². The first-order chi connectivity index (χ1) is 7.77. The molecule has 0 aliphatic rings. The van der Waals surface area contributed by atoms with E-state index in [0.717, 1.165) is 13.1 Å². The van der Waals surface area contributed by atoms with Gasteiger partial charge in [-0.05, 0) is 25.9 Å². The SMILES string of the molecule is CCCCCCCCCCNCCC(N)O. The fraction of sp³-hybridized carbons (Fsp3) is 1.00. The lowest BCUT2D eigenvalue weighted by molar-refractivity contribution is 0.171. The van der Waals surface area contributed by atoms with Crippen LogP contribution in [0.4, 0.5) is 0 Å². The molecule has 0 heterocycles. The van der Waals surface area contributed by atoms with Crippen molar-refractivity contribution in [3.05, 3.63) is 0 Å². The normalized spacial score (nSPS) is 12.9. The molecule has 0 spiro atoms. The zero-order valence-corrected chi connectivity index (χ0v) is 10.9. The van der Waals surface area contributed by atoms with E-state index in [9.17, 15) is 0 Å².